The van der Waals surface area contributed by atoms with Gasteiger partial charge in [0.05, 0.1) is 11.5 Å². The molecule has 1 saturated carbocycles. The number of Topliss-reactive ketones (excluding diaryl/α,β-unsaturated/α-hetero) is 1. The van der Waals surface area contributed by atoms with Gasteiger partial charge in [0.1, 0.15) is 19.1 Å². The maximum absolute atomic E-state index is 13.4. The van der Waals surface area contributed by atoms with Gasteiger partial charge in [-0.05, 0) is 35.7 Å². The zero-order chi connectivity index (χ0) is 25.7. The minimum absolute atomic E-state index is 0.00332. The Hall–Kier alpha value is -3.48. The summed E-state index contributed by atoms with van der Waals surface area (Å²) in [5.41, 5.74) is 0.323. The number of benzene rings is 3. The van der Waals surface area contributed by atoms with Gasteiger partial charge in [0.25, 0.3) is 0 Å². The predicted molar refractivity (Wildman–Crippen MR) is 134 cm³/mol. The predicted octanol–water partition coefficient (Wildman–Crippen LogP) is 4.87. The molecule has 0 amide bonds. The van der Waals surface area contributed by atoms with Crippen molar-refractivity contribution in [1.29, 1.82) is 0 Å². The standard InChI is InChI=1S/C29H27ClO6/c1-29(34)16-23(31)25(27(32)35-17-19-8-4-2-5-9-19)24(21-12-14-22(30)15-13-21)26(29)28(33)36-18-20-10-6-3-7-11-20/h2-15,24-26,34H,16-18H2,1H3. The molecule has 1 N–H and O–H groups in total. The van der Waals surface area contributed by atoms with Crippen molar-refractivity contribution < 1.29 is 29.0 Å². The van der Waals surface area contributed by atoms with Crippen molar-refractivity contribution >= 4 is 29.3 Å². The first kappa shape index (κ1) is 25.6. The van der Waals surface area contributed by atoms with E-state index in [9.17, 15) is 19.5 Å². The van der Waals surface area contributed by atoms with E-state index in [1.165, 1.54) is 6.92 Å². The number of carbonyl (C=O) groups is 3. The molecule has 4 atom stereocenters. The minimum Gasteiger partial charge on any atom is -0.461 e. The van der Waals surface area contributed by atoms with Crippen molar-refractivity contribution in [1.82, 2.24) is 0 Å². The van der Waals surface area contributed by atoms with Gasteiger partial charge < -0.3 is 14.6 Å². The number of esters is 2. The number of hydrogen-bond donors (Lipinski definition) is 1. The van der Waals surface area contributed by atoms with E-state index in [1.54, 1.807) is 36.4 Å². The zero-order valence-electron chi connectivity index (χ0n) is 19.8. The zero-order valence-corrected chi connectivity index (χ0v) is 20.6. The first-order valence-electron chi connectivity index (χ1n) is 11.7. The Morgan fingerprint density at radius 2 is 1.36 bits per heavy atom. The van der Waals surface area contributed by atoms with Crippen molar-refractivity contribution in [3.63, 3.8) is 0 Å². The van der Waals surface area contributed by atoms with Crippen molar-refractivity contribution in [3.8, 4) is 0 Å². The van der Waals surface area contributed by atoms with Gasteiger partial charge in [0.2, 0.25) is 0 Å². The van der Waals surface area contributed by atoms with Crippen molar-refractivity contribution in [2.45, 2.75) is 38.1 Å². The second-order valence-electron chi connectivity index (χ2n) is 9.22. The summed E-state index contributed by atoms with van der Waals surface area (Å²) >= 11 is 6.07. The van der Waals surface area contributed by atoms with Gasteiger partial charge in [-0.15, -0.1) is 0 Å². The van der Waals surface area contributed by atoms with E-state index in [0.717, 1.165) is 11.1 Å². The Labute approximate surface area is 214 Å². The van der Waals surface area contributed by atoms with E-state index in [4.69, 9.17) is 21.1 Å². The third kappa shape index (κ3) is 5.83. The first-order chi connectivity index (χ1) is 17.3. The van der Waals surface area contributed by atoms with Gasteiger partial charge in [-0.1, -0.05) is 84.4 Å². The number of ether oxygens (including phenoxy) is 2. The Kier molecular flexibility index (Phi) is 7.87. The number of carbonyl (C=O) groups excluding carboxylic acids is 3. The Balaban J connectivity index is 1.66. The second-order valence-corrected chi connectivity index (χ2v) is 9.66. The molecule has 0 saturated heterocycles. The molecule has 7 heteroatoms. The molecule has 1 aliphatic rings. The molecular formula is C29H27ClO6. The monoisotopic (exact) mass is 506 g/mol. The summed E-state index contributed by atoms with van der Waals surface area (Å²) < 4.78 is 11.1. The summed E-state index contributed by atoms with van der Waals surface area (Å²) in [6, 6.07) is 24.8. The molecule has 1 fully saturated rings. The van der Waals surface area contributed by atoms with Crippen LogP contribution in [0.5, 0.6) is 0 Å². The fraction of sp³-hybridized carbons (Fsp3) is 0.276. The molecule has 0 aromatic heterocycles. The molecule has 1 aliphatic carbocycles. The lowest BCUT2D eigenvalue weighted by Gasteiger charge is -2.43. The summed E-state index contributed by atoms with van der Waals surface area (Å²) in [6.07, 6.45) is -0.382. The van der Waals surface area contributed by atoms with E-state index < -0.39 is 41.1 Å². The fourth-order valence-electron chi connectivity index (χ4n) is 4.74. The van der Waals surface area contributed by atoms with Crippen LogP contribution < -0.4 is 0 Å². The molecule has 0 aliphatic heterocycles. The molecule has 0 radical (unpaired) electrons. The summed E-state index contributed by atoms with van der Waals surface area (Å²) in [7, 11) is 0. The Morgan fingerprint density at radius 1 is 0.861 bits per heavy atom. The summed E-state index contributed by atoms with van der Waals surface area (Å²) in [6.45, 7) is 1.40. The normalized spacial score (nSPS) is 23.6. The highest BCUT2D eigenvalue weighted by Gasteiger charge is 2.57. The molecule has 3 aromatic carbocycles. The van der Waals surface area contributed by atoms with E-state index in [-0.39, 0.29) is 19.6 Å². The maximum Gasteiger partial charge on any atom is 0.317 e. The van der Waals surface area contributed by atoms with Crippen LogP contribution >= 0.6 is 11.6 Å². The number of halogens is 1. The van der Waals surface area contributed by atoms with Gasteiger partial charge in [0.15, 0.2) is 5.78 Å². The quantitative estimate of drug-likeness (QED) is 0.363. The molecule has 6 nitrogen and oxygen atoms in total. The van der Waals surface area contributed by atoms with Crippen LogP contribution in [0.1, 0.15) is 36.0 Å². The highest BCUT2D eigenvalue weighted by atomic mass is 35.5. The summed E-state index contributed by atoms with van der Waals surface area (Å²) in [5, 5.41) is 11.7. The second kappa shape index (κ2) is 11.1. The molecule has 36 heavy (non-hydrogen) atoms. The van der Waals surface area contributed by atoms with Crippen molar-refractivity contribution in [2.24, 2.45) is 11.8 Å². The smallest absolute Gasteiger partial charge is 0.317 e. The molecule has 186 valence electrons. The average Bonchev–Trinajstić information content (AvgIpc) is 2.86. The lowest BCUT2D eigenvalue weighted by Crippen LogP contribution is -2.55. The van der Waals surface area contributed by atoms with E-state index >= 15 is 0 Å². The summed E-state index contributed by atoms with van der Waals surface area (Å²) in [5.74, 6) is -5.41. The highest BCUT2D eigenvalue weighted by Crippen LogP contribution is 2.47. The van der Waals surface area contributed by atoms with Gasteiger partial charge >= 0.3 is 11.9 Å². The first-order valence-corrected chi connectivity index (χ1v) is 12.1. The summed E-state index contributed by atoms with van der Waals surface area (Å²) in [4.78, 5) is 39.9. The van der Waals surface area contributed by atoms with Crippen molar-refractivity contribution in [2.75, 3.05) is 0 Å². The van der Waals surface area contributed by atoms with Crippen LogP contribution in [-0.4, -0.2) is 28.4 Å². The van der Waals surface area contributed by atoms with Gasteiger partial charge in [-0.25, -0.2) is 0 Å². The van der Waals surface area contributed by atoms with Gasteiger partial charge in [-0.2, -0.15) is 0 Å². The molecule has 0 bridgehead atoms. The van der Waals surface area contributed by atoms with Crippen molar-refractivity contribution in [3.05, 3.63) is 107 Å². The number of rotatable bonds is 7. The molecule has 4 rings (SSSR count). The molecule has 3 aromatic rings. The fourth-order valence-corrected chi connectivity index (χ4v) is 4.86. The van der Waals surface area contributed by atoms with Gasteiger partial charge in [0, 0.05) is 17.4 Å². The minimum atomic E-state index is -1.73. The topological polar surface area (TPSA) is 89.9 Å². The van der Waals surface area contributed by atoms with Crippen LogP contribution in [-0.2, 0) is 37.1 Å². The van der Waals surface area contributed by atoms with Crippen LogP contribution in [0.4, 0.5) is 0 Å². The van der Waals surface area contributed by atoms with Crippen LogP contribution in [0.15, 0.2) is 84.9 Å². The van der Waals surface area contributed by atoms with Crippen LogP contribution in [0.25, 0.3) is 0 Å². The molecular weight excluding hydrogens is 480 g/mol. The SMILES string of the molecule is CC1(O)CC(=O)C(C(=O)OCc2ccccc2)C(c2ccc(Cl)cc2)C1C(=O)OCc1ccccc1. The number of aliphatic hydroxyl groups is 1. The van der Waals surface area contributed by atoms with Crippen LogP contribution in [0, 0.1) is 11.8 Å². The van der Waals surface area contributed by atoms with E-state index in [1.807, 2.05) is 48.5 Å². The largest absolute Gasteiger partial charge is 0.461 e. The number of hydrogen-bond acceptors (Lipinski definition) is 6. The highest BCUT2D eigenvalue weighted by molar-refractivity contribution is 6.30. The third-order valence-corrected chi connectivity index (χ3v) is 6.73. The average molecular weight is 507 g/mol. The van der Waals surface area contributed by atoms with E-state index in [2.05, 4.69) is 0 Å². The third-order valence-electron chi connectivity index (χ3n) is 6.48. The maximum atomic E-state index is 13.4. The van der Waals surface area contributed by atoms with Gasteiger partial charge in [-0.3, -0.25) is 14.4 Å². The van der Waals surface area contributed by atoms with Crippen LogP contribution in [0.3, 0.4) is 0 Å². The molecule has 0 heterocycles. The Morgan fingerprint density at radius 3 is 1.89 bits per heavy atom. The molecule has 4 unspecified atom stereocenters. The lowest BCUT2D eigenvalue weighted by atomic mass is 9.62. The number of ketones is 1. The van der Waals surface area contributed by atoms with Crippen LogP contribution in [0.2, 0.25) is 5.02 Å². The molecule has 0 spiro atoms. The van der Waals surface area contributed by atoms with E-state index in [0.29, 0.717) is 10.6 Å². The lowest BCUT2D eigenvalue weighted by molar-refractivity contribution is -0.174. The Bertz CT molecular complexity index is 1210.